The second kappa shape index (κ2) is 10.4. The molecule has 4 rings (SSSR count). The molecule has 170 valence electrons. The molecule has 1 fully saturated rings. The highest BCUT2D eigenvalue weighted by atomic mass is 32.1. The molecule has 1 aromatic carbocycles. The highest BCUT2D eigenvalue weighted by Crippen LogP contribution is 2.32. The Morgan fingerprint density at radius 2 is 2.06 bits per heavy atom. The Morgan fingerprint density at radius 3 is 2.84 bits per heavy atom. The number of rotatable bonds is 9. The number of halogens is 1. The van der Waals surface area contributed by atoms with Gasteiger partial charge < -0.3 is 14.7 Å². The monoisotopic (exact) mass is 457 g/mol. The van der Waals surface area contributed by atoms with Crippen LogP contribution in [0.3, 0.4) is 0 Å². The Morgan fingerprint density at radius 1 is 1.25 bits per heavy atom. The Balaban J connectivity index is 1.19. The molecule has 3 aromatic rings. The van der Waals surface area contributed by atoms with E-state index in [1.807, 2.05) is 12.1 Å². The van der Waals surface area contributed by atoms with Crippen molar-refractivity contribution in [2.24, 2.45) is 0 Å². The van der Waals surface area contributed by atoms with Crippen molar-refractivity contribution < 1.29 is 18.5 Å². The van der Waals surface area contributed by atoms with Crippen LogP contribution in [0.2, 0.25) is 0 Å². The van der Waals surface area contributed by atoms with Crippen LogP contribution in [-0.2, 0) is 11.2 Å². The molecule has 6 nitrogen and oxygen atoms in total. The number of nitrogens with zero attached hydrogens (tertiary/aromatic N) is 2. The van der Waals surface area contributed by atoms with Crippen LogP contribution in [0.4, 0.5) is 4.39 Å². The molecule has 0 saturated carbocycles. The number of aromatic nitrogens is 1. The topological polar surface area (TPSA) is 75.4 Å². The first-order valence-electron chi connectivity index (χ1n) is 11.1. The van der Waals surface area contributed by atoms with E-state index in [-0.39, 0.29) is 17.5 Å². The lowest BCUT2D eigenvalue weighted by Crippen LogP contribution is -2.34. The molecule has 1 amide bonds. The van der Waals surface area contributed by atoms with E-state index < -0.39 is 0 Å². The van der Waals surface area contributed by atoms with Gasteiger partial charge in [-0.25, -0.2) is 4.39 Å². The molecule has 2 aromatic heterocycles. The van der Waals surface area contributed by atoms with Crippen LogP contribution in [0.15, 0.2) is 34.9 Å². The van der Waals surface area contributed by atoms with Gasteiger partial charge in [-0.05, 0) is 69.6 Å². The minimum Gasteiger partial charge on any atom is -0.356 e. The van der Waals surface area contributed by atoms with Gasteiger partial charge in [0.15, 0.2) is 11.4 Å². The summed E-state index contributed by atoms with van der Waals surface area (Å²) in [5, 5.41) is 7.89. The lowest BCUT2D eigenvalue weighted by Gasteiger charge is -2.31. The summed E-state index contributed by atoms with van der Waals surface area (Å²) in [6, 6.07) is 8.47. The van der Waals surface area contributed by atoms with E-state index in [4.69, 9.17) is 4.52 Å². The first-order chi connectivity index (χ1) is 15.5. The van der Waals surface area contributed by atoms with E-state index in [0.717, 1.165) is 66.2 Å². The van der Waals surface area contributed by atoms with E-state index >= 15 is 0 Å². The smallest absolute Gasteiger partial charge is 0.216 e. The van der Waals surface area contributed by atoms with Crippen molar-refractivity contribution in [2.75, 3.05) is 26.2 Å². The molecule has 3 heterocycles. The third-order valence-electron chi connectivity index (χ3n) is 6.00. The van der Waals surface area contributed by atoms with Gasteiger partial charge in [-0.2, -0.15) is 0 Å². The quantitative estimate of drug-likeness (QED) is 0.477. The Kier molecular flexibility index (Phi) is 7.32. The van der Waals surface area contributed by atoms with Gasteiger partial charge in [0.05, 0.1) is 10.6 Å². The molecule has 0 spiro atoms. The van der Waals surface area contributed by atoms with Gasteiger partial charge in [-0.3, -0.25) is 9.59 Å². The lowest BCUT2D eigenvalue weighted by atomic mass is 9.91. The minimum absolute atomic E-state index is 0.0355. The molecule has 0 radical (unpaired) electrons. The van der Waals surface area contributed by atoms with Crippen molar-refractivity contribution in [2.45, 2.75) is 44.9 Å². The highest BCUT2D eigenvalue weighted by Gasteiger charge is 2.25. The Hall–Kier alpha value is -2.58. The number of hydrogen-bond acceptors (Lipinski definition) is 6. The van der Waals surface area contributed by atoms with Crippen LogP contribution >= 0.6 is 11.3 Å². The molecule has 0 bridgehead atoms. The van der Waals surface area contributed by atoms with Gasteiger partial charge in [0.2, 0.25) is 5.91 Å². The summed E-state index contributed by atoms with van der Waals surface area (Å²) in [5.41, 5.74) is 1.44. The molecule has 0 atom stereocenters. The average molecular weight is 458 g/mol. The standard InChI is InChI=1S/C24H28FN3O3S/c1-16(29)26-11-8-19-5-7-23(32-19)21(30)3-2-12-28-13-9-17(10-14-28)24-20-6-4-18(25)15-22(20)31-27-24/h4-7,15,17H,2-3,8-14H2,1H3,(H,26,29). The van der Waals surface area contributed by atoms with Gasteiger partial charge in [0, 0.05) is 42.1 Å². The third kappa shape index (κ3) is 5.61. The number of carbonyl (C=O) groups excluding carboxylic acids is 2. The van der Waals surface area contributed by atoms with E-state index in [2.05, 4.69) is 15.4 Å². The summed E-state index contributed by atoms with van der Waals surface area (Å²) < 4.78 is 18.7. The number of piperidine rings is 1. The number of Topliss-reactive ketones (excluding diaryl/α,β-unsaturated/α-hetero) is 1. The number of fused-ring (bicyclic) bond motifs is 1. The fraction of sp³-hybridized carbons (Fsp3) is 0.458. The number of nitrogens with one attached hydrogen (secondary N) is 1. The van der Waals surface area contributed by atoms with Crippen molar-refractivity contribution in [3.05, 3.63) is 51.6 Å². The number of likely N-dealkylation sites (tertiary alicyclic amines) is 1. The molecular weight excluding hydrogens is 429 g/mol. The Bertz CT molecular complexity index is 1090. The molecule has 1 aliphatic heterocycles. The predicted molar refractivity (Wildman–Crippen MR) is 123 cm³/mol. The summed E-state index contributed by atoms with van der Waals surface area (Å²) in [5.74, 6) is 0.165. The zero-order valence-electron chi connectivity index (χ0n) is 18.2. The second-order valence-electron chi connectivity index (χ2n) is 8.35. The number of hydrogen-bond donors (Lipinski definition) is 1. The first-order valence-corrected chi connectivity index (χ1v) is 11.9. The zero-order valence-corrected chi connectivity index (χ0v) is 19.0. The maximum absolute atomic E-state index is 13.4. The molecule has 8 heteroatoms. The summed E-state index contributed by atoms with van der Waals surface area (Å²) in [6.45, 7) is 4.93. The highest BCUT2D eigenvalue weighted by molar-refractivity contribution is 7.14. The fourth-order valence-electron chi connectivity index (χ4n) is 4.27. The van der Waals surface area contributed by atoms with E-state index in [1.165, 1.54) is 30.4 Å². The number of thiophene rings is 1. The second-order valence-corrected chi connectivity index (χ2v) is 9.52. The molecular formula is C24H28FN3O3S. The number of ketones is 1. The predicted octanol–water partition coefficient (Wildman–Crippen LogP) is 4.55. The molecule has 0 unspecified atom stereocenters. The summed E-state index contributed by atoms with van der Waals surface area (Å²) in [7, 11) is 0. The zero-order chi connectivity index (χ0) is 22.5. The van der Waals surface area contributed by atoms with Crippen LogP contribution in [0.5, 0.6) is 0 Å². The maximum Gasteiger partial charge on any atom is 0.216 e. The van der Waals surface area contributed by atoms with Gasteiger partial charge in [0.25, 0.3) is 0 Å². The minimum atomic E-state index is -0.312. The molecule has 1 aliphatic rings. The normalized spacial score (nSPS) is 15.3. The van der Waals surface area contributed by atoms with Crippen LogP contribution in [-0.4, -0.2) is 47.9 Å². The van der Waals surface area contributed by atoms with Gasteiger partial charge in [-0.15, -0.1) is 11.3 Å². The van der Waals surface area contributed by atoms with Crippen molar-refractivity contribution in [1.82, 2.24) is 15.4 Å². The SMILES string of the molecule is CC(=O)NCCc1ccc(C(=O)CCCN2CCC(c3noc4cc(F)ccc34)CC2)s1. The number of amides is 1. The lowest BCUT2D eigenvalue weighted by molar-refractivity contribution is -0.118. The molecule has 1 N–H and O–H groups in total. The number of carbonyl (C=O) groups is 2. The first kappa shape index (κ1) is 22.6. The molecule has 0 aliphatic carbocycles. The maximum atomic E-state index is 13.4. The molecule has 32 heavy (non-hydrogen) atoms. The van der Waals surface area contributed by atoms with E-state index in [1.54, 1.807) is 6.07 Å². The molecule has 1 saturated heterocycles. The number of benzene rings is 1. The Labute approximate surface area is 190 Å². The van der Waals surface area contributed by atoms with Crippen molar-refractivity contribution in [3.63, 3.8) is 0 Å². The van der Waals surface area contributed by atoms with E-state index in [9.17, 15) is 14.0 Å². The summed E-state index contributed by atoms with van der Waals surface area (Å²) >= 11 is 1.53. The average Bonchev–Trinajstić information content (AvgIpc) is 3.41. The van der Waals surface area contributed by atoms with Gasteiger partial charge in [0.1, 0.15) is 5.82 Å². The largest absolute Gasteiger partial charge is 0.356 e. The van der Waals surface area contributed by atoms with E-state index in [0.29, 0.717) is 24.5 Å². The van der Waals surface area contributed by atoms with Crippen molar-refractivity contribution in [3.8, 4) is 0 Å². The van der Waals surface area contributed by atoms with Gasteiger partial charge >= 0.3 is 0 Å². The van der Waals surface area contributed by atoms with Crippen molar-refractivity contribution >= 4 is 34.0 Å². The van der Waals surface area contributed by atoms with Crippen LogP contribution in [0.25, 0.3) is 11.0 Å². The summed E-state index contributed by atoms with van der Waals surface area (Å²) in [6.07, 6.45) is 4.10. The van der Waals surface area contributed by atoms with Crippen molar-refractivity contribution in [1.29, 1.82) is 0 Å². The van der Waals surface area contributed by atoms with Crippen LogP contribution in [0, 0.1) is 5.82 Å². The fourth-order valence-corrected chi connectivity index (χ4v) is 5.24. The third-order valence-corrected chi connectivity index (χ3v) is 7.18. The van der Waals surface area contributed by atoms with Crippen LogP contribution < -0.4 is 5.32 Å². The van der Waals surface area contributed by atoms with Gasteiger partial charge in [-0.1, -0.05) is 5.16 Å². The summed E-state index contributed by atoms with van der Waals surface area (Å²) in [4.78, 5) is 27.8. The van der Waals surface area contributed by atoms with Crippen LogP contribution in [0.1, 0.15) is 58.8 Å².